The van der Waals surface area contributed by atoms with Crippen LogP contribution in [0.15, 0.2) is 24.5 Å². The first-order chi connectivity index (χ1) is 11.0. The van der Waals surface area contributed by atoms with Crippen LogP contribution in [0.25, 0.3) is 0 Å². The highest BCUT2D eigenvalue weighted by Crippen LogP contribution is 2.29. The Balaban J connectivity index is 1.74. The molecule has 1 aromatic heterocycles. The molecule has 4 heterocycles. The quantitative estimate of drug-likeness (QED) is 0.838. The summed E-state index contributed by atoms with van der Waals surface area (Å²) in [5.74, 6) is 0.336. The number of pyridine rings is 1. The molecule has 3 saturated heterocycles. The van der Waals surface area contributed by atoms with Crippen LogP contribution < -0.4 is 0 Å². The van der Waals surface area contributed by atoms with Crippen LogP contribution in [0.2, 0.25) is 0 Å². The average molecular weight is 317 g/mol. The summed E-state index contributed by atoms with van der Waals surface area (Å²) >= 11 is 0. The van der Waals surface area contributed by atoms with Crippen molar-refractivity contribution in [3.8, 4) is 0 Å². The van der Waals surface area contributed by atoms with Crippen molar-refractivity contribution in [2.45, 2.75) is 38.8 Å². The fraction of sp³-hybridized carbons (Fsp3) is 0.588. The van der Waals surface area contributed by atoms with Gasteiger partial charge in [0, 0.05) is 37.6 Å². The van der Waals surface area contributed by atoms with E-state index >= 15 is 0 Å². The molecule has 4 rings (SSSR count). The van der Waals surface area contributed by atoms with Crippen LogP contribution in [0.1, 0.15) is 37.0 Å². The van der Waals surface area contributed by atoms with Gasteiger partial charge in [-0.25, -0.2) is 4.79 Å². The van der Waals surface area contributed by atoms with Gasteiger partial charge in [0.1, 0.15) is 0 Å². The number of carbonyl (C=O) groups excluding carboxylic acids is 2. The van der Waals surface area contributed by atoms with E-state index < -0.39 is 0 Å². The second-order valence-corrected chi connectivity index (χ2v) is 6.63. The number of hydrogen-bond donors (Lipinski definition) is 0. The van der Waals surface area contributed by atoms with E-state index in [9.17, 15) is 9.59 Å². The van der Waals surface area contributed by atoms with Crippen LogP contribution in [0.4, 0.5) is 4.79 Å². The predicted octanol–water partition coefficient (Wildman–Crippen LogP) is 2.16. The zero-order valence-electron chi connectivity index (χ0n) is 13.6. The molecule has 0 N–H and O–H groups in total. The van der Waals surface area contributed by atoms with E-state index in [0.29, 0.717) is 31.1 Å². The van der Waals surface area contributed by atoms with Gasteiger partial charge in [-0.2, -0.15) is 0 Å². The van der Waals surface area contributed by atoms with Crippen LogP contribution in [0, 0.1) is 5.92 Å². The van der Waals surface area contributed by atoms with Gasteiger partial charge in [-0.1, -0.05) is 0 Å². The summed E-state index contributed by atoms with van der Waals surface area (Å²) in [5, 5.41) is 0. The molecular formula is C17H23N3O3. The average Bonchev–Trinajstić information content (AvgIpc) is 2.86. The normalized spacial score (nSPS) is 23.8. The Morgan fingerprint density at radius 3 is 2.61 bits per heavy atom. The van der Waals surface area contributed by atoms with Crippen molar-refractivity contribution in [3.05, 3.63) is 30.1 Å². The monoisotopic (exact) mass is 317 g/mol. The van der Waals surface area contributed by atoms with E-state index in [1.807, 2.05) is 23.6 Å². The molecule has 2 bridgehead atoms. The smallest absolute Gasteiger partial charge is 0.410 e. The van der Waals surface area contributed by atoms with Crippen molar-refractivity contribution < 1.29 is 14.3 Å². The topological polar surface area (TPSA) is 62.7 Å². The number of carbonyl (C=O) groups is 2. The Labute approximate surface area is 136 Å². The molecule has 2 amide bonds. The Morgan fingerprint density at radius 1 is 1.17 bits per heavy atom. The molecule has 3 fully saturated rings. The highest BCUT2D eigenvalue weighted by atomic mass is 16.6. The first kappa shape index (κ1) is 15.8. The van der Waals surface area contributed by atoms with Crippen LogP contribution >= 0.6 is 0 Å². The van der Waals surface area contributed by atoms with Gasteiger partial charge in [0.25, 0.3) is 5.91 Å². The minimum Gasteiger partial charge on any atom is -0.447 e. The lowest BCUT2D eigenvalue weighted by molar-refractivity contribution is 0.0480. The molecule has 0 aromatic carbocycles. The predicted molar refractivity (Wildman–Crippen MR) is 85.0 cm³/mol. The minimum absolute atomic E-state index is 0.0170. The third-order valence-corrected chi connectivity index (χ3v) is 4.50. The van der Waals surface area contributed by atoms with Crippen LogP contribution in [0.3, 0.4) is 0 Å². The molecule has 0 spiro atoms. The highest BCUT2D eigenvalue weighted by molar-refractivity contribution is 5.94. The van der Waals surface area contributed by atoms with Gasteiger partial charge in [0.05, 0.1) is 12.1 Å². The van der Waals surface area contributed by atoms with Crippen molar-refractivity contribution >= 4 is 12.0 Å². The number of aromatic nitrogens is 1. The van der Waals surface area contributed by atoms with E-state index in [1.165, 1.54) is 0 Å². The summed E-state index contributed by atoms with van der Waals surface area (Å²) in [6.07, 6.45) is 4.86. The molecule has 3 aliphatic rings. The zero-order valence-corrected chi connectivity index (χ0v) is 13.6. The maximum atomic E-state index is 12.7. The van der Waals surface area contributed by atoms with E-state index in [0.717, 1.165) is 12.8 Å². The number of nitrogens with zero attached hydrogens (tertiary/aromatic N) is 3. The Kier molecular flexibility index (Phi) is 4.50. The number of amides is 2. The molecule has 23 heavy (non-hydrogen) atoms. The fourth-order valence-electron chi connectivity index (χ4n) is 3.42. The second-order valence-electron chi connectivity index (χ2n) is 6.63. The molecule has 3 aliphatic heterocycles. The van der Waals surface area contributed by atoms with Crippen molar-refractivity contribution in [2.24, 2.45) is 5.92 Å². The first-order valence-corrected chi connectivity index (χ1v) is 8.21. The van der Waals surface area contributed by atoms with E-state index in [1.54, 1.807) is 24.5 Å². The van der Waals surface area contributed by atoms with Crippen LogP contribution in [0.5, 0.6) is 0 Å². The molecule has 0 unspecified atom stereocenters. The third kappa shape index (κ3) is 3.46. The number of piperidine rings is 1. The molecule has 6 nitrogen and oxygen atoms in total. The molecule has 1 aromatic rings. The maximum Gasteiger partial charge on any atom is 0.410 e. The molecular weight excluding hydrogens is 294 g/mol. The molecule has 124 valence electrons. The Morgan fingerprint density at radius 2 is 1.91 bits per heavy atom. The molecule has 2 atom stereocenters. The second kappa shape index (κ2) is 6.56. The van der Waals surface area contributed by atoms with E-state index in [2.05, 4.69) is 4.98 Å². The van der Waals surface area contributed by atoms with Gasteiger partial charge < -0.3 is 14.5 Å². The van der Waals surface area contributed by atoms with Crippen molar-refractivity contribution in [1.29, 1.82) is 0 Å². The summed E-state index contributed by atoms with van der Waals surface area (Å²) in [4.78, 5) is 32.6. The number of fused-ring (bicyclic) bond motifs is 4. The largest absolute Gasteiger partial charge is 0.447 e. The lowest BCUT2D eigenvalue weighted by Crippen LogP contribution is -2.48. The first-order valence-electron chi connectivity index (χ1n) is 8.21. The summed E-state index contributed by atoms with van der Waals surface area (Å²) in [7, 11) is 0. The van der Waals surface area contributed by atoms with Gasteiger partial charge in [-0.15, -0.1) is 0 Å². The third-order valence-electron chi connectivity index (χ3n) is 4.50. The summed E-state index contributed by atoms with van der Waals surface area (Å²) in [6.45, 7) is 5.66. The van der Waals surface area contributed by atoms with Gasteiger partial charge in [0.15, 0.2) is 0 Å². The number of ether oxygens (including phenoxy) is 1. The van der Waals surface area contributed by atoms with Crippen molar-refractivity contribution in [3.63, 3.8) is 0 Å². The van der Waals surface area contributed by atoms with Crippen LogP contribution in [-0.4, -0.2) is 58.6 Å². The summed E-state index contributed by atoms with van der Waals surface area (Å²) in [5.41, 5.74) is 0.651. The Bertz CT molecular complexity index is 576. The van der Waals surface area contributed by atoms with Crippen molar-refractivity contribution in [1.82, 2.24) is 14.8 Å². The van der Waals surface area contributed by atoms with E-state index in [4.69, 9.17) is 4.74 Å². The minimum atomic E-state index is -0.257. The molecule has 6 heteroatoms. The van der Waals surface area contributed by atoms with Crippen LogP contribution in [-0.2, 0) is 4.74 Å². The van der Waals surface area contributed by atoms with Gasteiger partial charge in [-0.3, -0.25) is 9.78 Å². The molecule has 0 saturated carbocycles. The lowest BCUT2D eigenvalue weighted by Gasteiger charge is -2.35. The van der Waals surface area contributed by atoms with Gasteiger partial charge in [-0.05, 0) is 44.7 Å². The van der Waals surface area contributed by atoms with Gasteiger partial charge >= 0.3 is 6.09 Å². The van der Waals surface area contributed by atoms with Crippen molar-refractivity contribution in [2.75, 3.05) is 19.6 Å². The highest BCUT2D eigenvalue weighted by Gasteiger charge is 2.39. The molecule has 0 radical (unpaired) electrons. The fourth-order valence-corrected chi connectivity index (χ4v) is 3.42. The summed E-state index contributed by atoms with van der Waals surface area (Å²) in [6, 6.07) is 3.52. The molecule has 0 aliphatic carbocycles. The summed E-state index contributed by atoms with van der Waals surface area (Å²) < 4.78 is 5.35. The van der Waals surface area contributed by atoms with E-state index in [-0.39, 0.29) is 24.1 Å². The number of rotatable bonds is 2. The SMILES string of the molecule is CC(C)OC(=O)N1C[C@H]2CC[C@@H]1CN(C(=O)c1ccncc1)C2. The Hall–Kier alpha value is -2.11. The maximum absolute atomic E-state index is 12.7. The van der Waals surface area contributed by atoms with Gasteiger partial charge in [0.2, 0.25) is 0 Å². The zero-order chi connectivity index (χ0) is 16.4. The number of hydrogen-bond acceptors (Lipinski definition) is 4. The standard InChI is InChI=1S/C17H23N3O3/c1-12(2)23-17(22)20-10-13-3-4-15(20)11-19(9-13)16(21)14-5-7-18-8-6-14/h5-8,12-13,15H,3-4,9-11H2,1-2H3/t13-,15+/m0/s1. The lowest BCUT2D eigenvalue weighted by atomic mass is 9.95.